The van der Waals surface area contributed by atoms with Crippen LogP contribution in [0.2, 0.25) is 10.0 Å². The molecule has 2 aromatic heterocycles. The average Bonchev–Trinajstić information content (AvgIpc) is 3.41. The number of hydrogen-bond donors (Lipinski definition) is 6. The Bertz CT molecular complexity index is 1480. The van der Waals surface area contributed by atoms with Crippen LogP contribution in [-0.2, 0) is 22.4 Å². The highest BCUT2D eigenvalue weighted by Crippen LogP contribution is 2.31. The van der Waals surface area contributed by atoms with E-state index in [1.165, 1.54) is 24.3 Å². The van der Waals surface area contributed by atoms with Crippen LogP contribution in [0.1, 0.15) is 44.9 Å². The fourth-order valence-electron chi connectivity index (χ4n) is 3.87. The number of aromatic amines is 2. The van der Waals surface area contributed by atoms with Gasteiger partial charge in [-0.05, 0) is 36.1 Å². The van der Waals surface area contributed by atoms with Crippen LogP contribution >= 0.6 is 23.2 Å². The average molecular weight is 571 g/mol. The molecule has 0 bridgehead atoms. The predicted octanol–water partition coefficient (Wildman–Crippen LogP) is 5.35. The topological polar surface area (TPSA) is 181 Å². The van der Waals surface area contributed by atoms with E-state index in [2.05, 4.69) is 9.97 Å². The van der Waals surface area contributed by atoms with E-state index in [9.17, 15) is 28.0 Å². The molecule has 4 aromatic rings. The zero-order chi connectivity index (χ0) is 28.3. The van der Waals surface area contributed by atoms with Crippen molar-refractivity contribution in [3.63, 3.8) is 0 Å². The van der Waals surface area contributed by atoms with Gasteiger partial charge < -0.3 is 30.4 Å². The summed E-state index contributed by atoms with van der Waals surface area (Å²) in [4.78, 5) is 48.2. The predicted molar refractivity (Wildman–Crippen MR) is 132 cm³/mol. The smallest absolute Gasteiger partial charge is 0.352 e. The van der Waals surface area contributed by atoms with E-state index >= 15 is 0 Å². The molecule has 0 aliphatic rings. The van der Waals surface area contributed by atoms with Crippen molar-refractivity contribution in [2.45, 2.75) is 25.7 Å². The van der Waals surface area contributed by atoms with Gasteiger partial charge in [-0.25, -0.2) is 18.4 Å². The Morgan fingerprint density at radius 1 is 0.658 bits per heavy atom. The van der Waals surface area contributed by atoms with Gasteiger partial charge in [0.1, 0.15) is 11.4 Å². The SMILES string of the molecule is O=C(O)CCc1c(C(=O)O)[nH]c2c(F)c(Cl)ccc12.O=C(O)CCc1c(C(=O)O)[nH]c2c(F)c(Cl)ccc12. The molecule has 0 atom stereocenters. The molecule has 0 aliphatic heterocycles. The maximum Gasteiger partial charge on any atom is 0.352 e. The van der Waals surface area contributed by atoms with E-state index in [1.54, 1.807) is 0 Å². The molecular formula is C24H18Cl2F2N2O8. The number of aromatic carboxylic acids is 2. The third kappa shape index (κ3) is 5.87. The summed E-state index contributed by atoms with van der Waals surface area (Å²) in [5.74, 6) is -6.15. The lowest BCUT2D eigenvalue weighted by molar-refractivity contribution is -0.138. The molecule has 0 saturated heterocycles. The van der Waals surface area contributed by atoms with E-state index in [0.717, 1.165) is 0 Å². The van der Waals surface area contributed by atoms with Gasteiger partial charge in [0.25, 0.3) is 0 Å². The van der Waals surface area contributed by atoms with Crippen molar-refractivity contribution in [3.05, 3.63) is 68.5 Å². The largest absolute Gasteiger partial charge is 0.481 e. The Kier molecular flexibility index (Phi) is 8.59. The van der Waals surface area contributed by atoms with Crippen molar-refractivity contribution in [2.24, 2.45) is 0 Å². The molecule has 0 fully saturated rings. The van der Waals surface area contributed by atoms with Gasteiger partial charge >= 0.3 is 23.9 Å². The highest BCUT2D eigenvalue weighted by atomic mass is 35.5. The molecule has 38 heavy (non-hydrogen) atoms. The van der Waals surface area contributed by atoms with Crippen molar-refractivity contribution >= 4 is 68.9 Å². The highest BCUT2D eigenvalue weighted by Gasteiger charge is 2.22. The van der Waals surface area contributed by atoms with Gasteiger partial charge in [0.15, 0.2) is 11.6 Å². The first-order valence-electron chi connectivity index (χ1n) is 10.7. The highest BCUT2D eigenvalue weighted by molar-refractivity contribution is 6.32. The lowest BCUT2D eigenvalue weighted by atomic mass is 10.1. The summed E-state index contributed by atoms with van der Waals surface area (Å²) in [6.07, 6.45) is -0.481. The van der Waals surface area contributed by atoms with Crippen molar-refractivity contribution in [1.29, 1.82) is 0 Å². The second-order valence-electron chi connectivity index (χ2n) is 7.92. The zero-order valence-corrected chi connectivity index (χ0v) is 20.6. The van der Waals surface area contributed by atoms with Crippen molar-refractivity contribution in [3.8, 4) is 0 Å². The molecule has 200 valence electrons. The molecule has 0 spiro atoms. The van der Waals surface area contributed by atoms with Crippen molar-refractivity contribution in [1.82, 2.24) is 9.97 Å². The Labute approximate surface area is 221 Å². The number of nitrogens with one attached hydrogen (secondary N) is 2. The second kappa shape index (κ2) is 11.5. The van der Waals surface area contributed by atoms with Gasteiger partial charge in [0.2, 0.25) is 0 Å². The molecule has 2 aromatic carbocycles. The number of carbonyl (C=O) groups is 4. The summed E-state index contributed by atoms with van der Waals surface area (Å²) in [7, 11) is 0. The summed E-state index contributed by atoms with van der Waals surface area (Å²) in [5, 5.41) is 35.8. The number of rotatable bonds is 8. The molecule has 0 unspecified atom stereocenters. The Hall–Kier alpha value is -4.16. The number of H-pyrrole nitrogens is 2. The number of hydrogen-bond acceptors (Lipinski definition) is 4. The third-order valence-electron chi connectivity index (χ3n) is 5.55. The molecule has 0 aliphatic carbocycles. The van der Waals surface area contributed by atoms with Crippen LogP contribution in [0.25, 0.3) is 21.8 Å². The molecule has 10 nitrogen and oxygen atoms in total. The van der Waals surface area contributed by atoms with Crippen molar-refractivity contribution in [2.75, 3.05) is 0 Å². The summed E-state index contributed by atoms with van der Waals surface area (Å²) in [5.41, 5.74) is 0.0614. The normalized spacial score (nSPS) is 10.8. The molecule has 0 amide bonds. The van der Waals surface area contributed by atoms with E-state index < -0.39 is 35.5 Å². The van der Waals surface area contributed by atoms with Gasteiger partial charge in [0, 0.05) is 23.6 Å². The minimum atomic E-state index is -1.27. The van der Waals surface area contributed by atoms with Gasteiger partial charge in [0.05, 0.1) is 21.1 Å². The summed E-state index contributed by atoms with van der Waals surface area (Å²) in [6.45, 7) is 0. The zero-order valence-electron chi connectivity index (χ0n) is 19.1. The molecule has 2 heterocycles. The van der Waals surface area contributed by atoms with Crippen LogP contribution in [0.5, 0.6) is 0 Å². The quantitative estimate of drug-likeness (QED) is 0.164. The standard InChI is InChI=1S/2C12H9ClFNO4/c2*13-7-3-1-5-6(2-4-8(16)17)11(12(18)19)15-10(5)9(7)14/h2*1,3,15H,2,4H2,(H,16,17)(H,18,19). The molecule has 4 rings (SSSR count). The molecule has 0 radical (unpaired) electrons. The fraction of sp³-hybridized carbons (Fsp3) is 0.167. The summed E-state index contributed by atoms with van der Waals surface area (Å²) >= 11 is 11.2. The molecule has 0 saturated carbocycles. The first-order valence-corrected chi connectivity index (χ1v) is 11.5. The van der Waals surface area contributed by atoms with Crippen LogP contribution in [0, 0.1) is 11.6 Å². The van der Waals surface area contributed by atoms with E-state index in [0.29, 0.717) is 10.8 Å². The van der Waals surface area contributed by atoms with E-state index in [1.807, 2.05) is 0 Å². The van der Waals surface area contributed by atoms with Crippen LogP contribution < -0.4 is 0 Å². The number of carboxylic acid groups (broad SMARTS) is 4. The number of halogens is 4. The third-order valence-corrected chi connectivity index (χ3v) is 6.13. The first kappa shape index (κ1) is 28.4. The first-order chi connectivity index (χ1) is 17.8. The number of aryl methyl sites for hydroxylation is 2. The van der Waals surface area contributed by atoms with Crippen molar-refractivity contribution < 1.29 is 48.4 Å². The minimum Gasteiger partial charge on any atom is -0.481 e. The summed E-state index contributed by atoms with van der Waals surface area (Å²) < 4.78 is 27.6. The Morgan fingerprint density at radius 3 is 1.29 bits per heavy atom. The van der Waals surface area contributed by atoms with Gasteiger partial charge in [-0.2, -0.15) is 0 Å². The molecule has 6 N–H and O–H groups in total. The van der Waals surface area contributed by atoms with Crippen LogP contribution in [0.15, 0.2) is 24.3 Å². The second-order valence-corrected chi connectivity index (χ2v) is 8.74. The number of aliphatic carboxylic acids is 2. The lowest BCUT2D eigenvalue weighted by Crippen LogP contribution is -2.04. The van der Waals surface area contributed by atoms with Crippen LogP contribution in [0.4, 0.5) is 8.78 Å². The number of benzene rings is 2. The maximum absolute atomic E-state index is 13.8. The number of fused-ring (bicyclic) bond motifs is 2. The van der Waals surface area contributed by atoms with E-state index in [4.69, 9.17) is 43.6 Å². The number of carboxylic acids is 4. The van der Waals surface area contributed by atoms with Gasteiger partial charge in [-0.15, -0.1) is 0 Å². The van der Waals surface area contributed by atoms with Gasteiger partial charge in [-0.1, -0.05) is 35.3 Å². The Morgan fingerprint density at radius 2 is 1.00 bits per heavy atom. The molecular weight excluding hydrogens is 553 g/mol. The van der Waals surface area contributed by atoms with E-state index in [-0.39, 0.29) is 69.3 Å². The maximum atomic E-state index is 13.8. The Balaban J connectivity index is 0.000000211. The fourth-order valence-corrected chi connectivity index (χ4v) is 4.18. The van der Waals surface area contributed by atoms with Crippen LogP contribution in [-0.4, -0.2) is 54.3 Å². The molecule has 14 heteroatoms. The lowest BCUT2D eigenvalue weighted by Gasteiger charge is -2.00. The minimum absolute atomic E-state index is 0.00195. The number of aromatic nitrogens is 2. The van der Waals surface area contributed by atoms with Gasteiger partial charge in [-0.3, -0.25) is 9.59 Å². The van der Waals surface area contributed by atoms with Crippen LogP contribution in [0.3, 0.4) is 0 Å². The summed E-state index contributed by atoms with van der Waals surface area (Å²) in [6, 6.07) is 5.56. The monoisotopic (exact) mass is 570 g/mol.